The van der Waals surface area contributed by atoms with Gasteiger partial charge in [-0.25, -0.2) is 0 Å². The van der Waals surface area contributed by atoms with E-state index in [0.29, 0.717) is 19.6 Å². The molecule has 1 aliphatic rings. The molecule has 0 amide bonds. The number of hydrogen-bond acceptors (Lipinski definition) is 3. The molecular weight excluding hydrogens is 288 g/mol. The standard InChI is InChI=1S/C17H17ClO3/c1-19-13-5-2-4-12(10-13)11-15(18)14-6-3-7-16-17(14)21-9-8-20-16/h2-7,10,15H,8-9,11H2,1H3. The lowest BCUT2D eigenvalue weighted by atomic mass is 10.0. The molecule has 3 rings (SSSR count). The summed E-state index contributed by atoms with van der Waals surface area (Å²) in [4.78, 5) is 0. The van der Waals surface area contributed by atoms with Crippen LogP contribution in [0.2, 0.25) is 0 Å². The molecule has 0 saturated heterocycles. The van der Waals surface area contributed by atoms with Gasteiger partial charge in [0.2, 0.25) is 0 Å². The van der Waals surface area contributed by atoms with E-state index in [9.17, 15) is 0 Å². The summed E-state index contributed by atoms with van der Waals surface area (Å²) in [5, 5.41) is -0.172. The number of methoxy groups -OCH3 is 1. The number of fused-ring (bicyclic) bond motifs is 1. The molecule has 1 atom stereocenters. The van der Waals surface area contributed by atoms with Crippen LogP contribution in [0, 0.1) is 0 Å². The predicted octanol–water partition coefficient (Wildman–Crippen LogP) is 3.99. The maximum Gasteiger partial charge on any atom is 0.166 e. The highest BCUT2D eigenvalue weighted by Crippen LogP contribution is 2.40. The molecule has 3 nitrogen and oxygen atoms in total. The van der Waals surface area contributed by atoms with Gasteiger partial charge in [0.25, 0.3) is 0 Å². The first-order valence-corrected chi connectivity index (χ1v) is 7.37. The van der Waals surface area contributed by atoms with E-state index < -0.39 is 0 Å². The molecule has 0 bridgehead atoms. The van der Waals surface area contributed by atoms with Gasteiger partial charge in [-0.1, -0.05) is 24.3 Å². The molecule has 0 N–H and O–H groups in total. The van der Waals surface area contributed by atoms with Gasteiger partial charge in [0.1, 0.15) is 19.0 Å². The van der Waals surface area contributed by atoms with Gasteiger partial charge in [-0.15, -0.1) is 11.6 Å². The average Bonchev–Trinajstić information content (AvgIpc) is 2.54. The molecule has 110 valence electrons. The fraction of sp³-hybridized carbons (Fsp3) is 0.294. The van der Waals surface area contributed by atoms with Crippen LogP contribution >= 0.6 is 11.6 Å². The maximum atomic E-state index is 6.60. The molecule has 0 aromatic heterocycles. The van der Waals surface area contributed by atoms with Crippen molar-refractivity contribution in [2.24, 2.45) is 0 Å². The lowest BCUT2D eigenvalue weighted by Gasteiger charge is -2.23. The van der Waals surface area contributed by atoms with Gasteiger partial charge in [-0.3, -0.25) is 0 Å². The van der Waals surface area contributed by atoms with Crippen LogP contribution in [-0.4, -0.2) is 20.3 Å². The molecule has 21 heavy (non-hydrogen) atoms. The van der Waals surface area contributed by atoms with Crippen LogP contribution in [-0.2, 0) is 6.42 Å². The Morgan fingerprint density at radius 1 is 1.14 bits per heavy atom. The number of alkyl halides is 1. The Morgan fingerprint density at radius 3 is 2.81 bits per heavy atom. The molecule has 0 radical (unpaired) electrons. The molecule has 2 aromatic carbocycles. The van der Waals surface area contributed by atoms with Crippen molar-refractivity contribution < 1.29 is 14.2 Å². The van der Waals surface area contributed by atoms with Crippen molar-refractivity contribution >= 4 is 11.6 Å². The summed E-state index contributed by atoms with van der Waals surface area (Å²) in [6.45, 7) is 1.14. The van der Waals surface area contributed by atoms with Crippen molar-refractivity contribution in [2.45, 2.75) is 11.8 Å². The zero-order chi connectivity index (χ0) is 14.7. The second-order valence-corrected chi connectivity index (χ2v) is 5.42. The highest BCUT2D eigenvalue weighted by atomic mass is 35.5. The molecule has 0 saturated carbocycles. The van der Waals surface area contributed by atoms with E-state index in [0.717, 1.165) is 28.4 Å². The van der Waals surface area contributed by atoms with E-state index in [4.69, 9.17) is 25.8 Å². The molecule has 1 heterocycles. The van der Waals surface area contributed by atoms with Crippen LogP contribution < -0.4 is 14.2 Å². The average molecular weight is 305 g/mol. The minimum Gasteiger partial charge on any atom is -0.497 e. The van der Waals surface area contributed by atoms with Gasteiger partial charge in [-0.05, 0) is 30.2 Å². The summed E-state index contributed by atoms with van der Waals surface area (Å²) >= 11 is 6.60. The lowest BCUT2D eigenvalue weighted by molar-refractivity contribution is 0.170. The number of para-hydroxylation sites is 1. The summed E-state index contributed by atoms with van der Waals surface area (Å²) in [6, 6.07) is 13.8. The Bertz CT molecular complexity index is 627. The zero-order valence-corrected chi connectivity index (χ0v) is 12.6. The third kappa shape index (κ3) is 3.08. The van der Waals surface area contributed by atoms with E-state index in [2.05, 4.69) is 0 Å². The van der Waals surface area contributed by atoms with E-state index >= 15 is 0 Å². The summed E-state index contributed by atoms with van der Waals surface area (Å²) < 4.78 is 16.6. The molecular formula is C17H17ClO3. The van der Waals surface area contributed by atoms with E-state index in [-0.39, 0.29) is 5.38 Å². The fourth-order valence-electron chi connectivity index (χ4n) is 2.46. The third-order valence-corrected chi connectivity index (χ3v) is 3.87. The number of rotatable bonds is 4. The Hall–Kier alpha value is -1.87. The van der Waals surface area contributed by atoms with Crippen LogP contribution in [0.15, 0.2) is 42.5 Å². The molecule has 4 heteroatoms. The van der Waals surface area contributed by atoms with Crippen molar-refractivity contribution in [2.75, 3.05) is 20.3 Å². The highest BCUT2D eigenvalue weighted by Gasteiger charge is 2.21. The first kappa shape index (κ1) is 14.1. The molecule has 1 aliphatic heterocycles. The van der Waals surface area contributed by atoms with Gasteiger partial charge in [-0.2, -0.15) is 0 Å². The molecule has 0 fully saturated rings. The molecule has 0 spiro atoms. The maximum absolute atomic E-state index is 6.60. The number of ether oxygens (including phenoxy) is 3. The molecule has 2 aromatic rings. The number of benzene rings is 2. The van der Waals surface area contributed by atoms with Gasteiger partial charge >= 0.3 is 0 Å². The zero-order valence-electron chi connectivity index (χ0n) is 11.8. The highest BCUT2D eigenvalue weighted by molar-refractivity contribution is 6.21. The van der Waals surface area contributed by atoms with E-state index in [1.54, 1.807) is 7.11 Å². The minimum atomic E-state index is -0.172. The summed E-state index contributed by atoms with van der Waals surface area (Å²) in [6.07, 6.45) is 0.707. The van der Waals surface area contributed by atoms with Crippen molar-refractivity contribution in [3.63, 3.8) is 0 Å². The Morgan fingerprint density at radius 2 is 1.95 bits per heavy atom. The summed E-state index contributed by atoms with van der Waals surface area (Å²) in [7, 11) is 1.66. The largest absolute Gasteiger partial charge is 0.497 e. The minimum absolute atomic E-state index is 0.172. The number of hydrogen-bond donors (Lipinski definition) is 0. The topological polar surface area (TPSA) is 27.7 Å². The Balaban J connectivity index is 1.83. The van der Waals surface area contributed by atoms with Crippen molar-refractivity contribution in [3.8, 4) is 17.2 Å². The number of halogens is 1. The monoisotopic (exact) mass is 304 g/mol. The van der Waals surface area contributed by atoms with E-state index in [1.807, 2.05) is 42.5 Å². The van der Waals surface area contributed by atoms with Crippen molar-refractivity contribution in [3.05, 3.63) is 53.6 Å². The second-order valence-electron chi connectivity index (χ2n) is 4.89. The van der Waals surface area contributed by atoms with Crippen LogP contribution in [0.4, 0.5) is 0 Å². The van der Waals surface area contributed by atoms with Crippen LogP contribution in [0.5, 0.6) is 17.2 Å². The third-order valence-electron chi connectivity index (χ3n) is 3.48. The molecule has 0 aliphatic carbocycles. The first-order chi connectivity index (χ1) is 10.3. The fourth-order valence-corrected chi connectivity index (χ4v) is 2.81. The van der Waals surface area contributed by atoms with Gasteiger partial charge in [0.15, 0.2) is 11.5 Å². The Labute approximate surface area is 129 Å². The quantitative estimate of drug-likeness (QED) is 0.799. The van der Waals surface area contributed by atoms with Crippen molar-refractivity contribution in [1.82, 2.24) is 0 Å². The van der Waals surface area contributed by atoms with Crippen LogP contribution in [0.3, 0.4) is 0 Å². The lowest BCUT2D eigenvalue weighted by Crippen LogP contribution is -2.17. The second kappa shape index (κ2) is 6.27. The predicted molar refractivity (Wildman–Crippen MR) is 82.7 cm³/mol. The van der Waals surface area contributed by atoms with Crippen LogP contribution in [0.1, 0.15) is 16.5 Å². The smallest absolute Gasteiger partial charge is 0.166 e. The Kier molecular flexibility index (Phi) is 4.20. The van der Waals surface area contributed by atoms with Gasteiger partial charge < -0.3 is 14.2 Å². The first-order valence-electron chi connectivity index (χ1n) is 6.93. The SMILES string of the molecule is COc1cccc(CC(Cl)c2cccc3c2OCCO3)c1. The van der Waals surface area contributed by atoms with E-state index in [1.165, 1.54) is 0 Å². The van der Waals surface area contributed by atoms with Crippen molar-refractivity contribution in [1.29, 1.82) is 0 Å². The van der Waals surface area contributed by atoms with Crippen LogP contribution in [0.25, 0.3) is 0 Å². The van der Waals surface area contributed by atoms with Gasteiger partial charge in [0.05, 0.1) is 12.5 Å². The summed E-state index contributed by atoms with van der Waals surface area (Å²) in [5.74, 6) is 2.38. The summed E-state index contributed by atoms with van der Waals surface area (Å²) in [5.41, 5.74) is 2.10. The normalized spacial score (nSPS) is 14.6. The molecule has 1 unspecified atom stereocenters. The van der Waals surface area contributed by atoms with Gasteiger partial charge in [0, 0.05) is 5.56 Å².